The molecule has 6 atom stereocenters. The SMILES string of the molecule is CCCCOCOCCCC(C)CC(C)CC(C)CC(C)CC(C)CC(C)Br. The maximum absolute atomic E-state index is 5.57. The molecule has 0 heterocycles. The normalized spacial score (nSPS) is 18.4. The maximum Gasteiger partial charge on any atom is 0.146 e. The Hall–Kier alpha value is 0.400. The van der Waals surface area contributed by atoms with Gasteiger partial charge in [-0.2, -0.15) is 0 Å². The third-order valence-electron chi connectivity index (χ3n) is 5.74. The first-order chi connectivity index (χ1) is 13.2. The molecule has 0 spiro atoms. The van der Waals surface area contributed by atoms with Gasteiger partial charge in [0.15, 0.2) is 0 Å². The Bertz CT molecular complexity index is 335. The molecule has 0 N–H and O–H groups in total. The molecule has 0 amide bonds. The van der Waals surface area contributed by atoms with E-state index in [1.807, 2.05) is 0 Å². The van der Waals surface area contributed by atoms with Gasteiger partial charge in [-0.25, -0.2) is 0 Å². The monoisotopic (exact) mass is 462 g/mol. The molecular weight excluding hydrogens is 412 g/mol. The molecule has 0 rings (SSSR count). The number of unbranched alkanes of at least 4 members (excludes halogenated alkanes) is 1. The largest absolute Gasteiger partial charge is 0.355 e. The highest BCUT2D eigenvalue weighted by Crippen LogP contribution is 2.29. The van der Waals surface area contributed by atoms with Crippen LogP contribution in [0.15, 0.2) is 0 Å². The summed E-state index contributed by atoms with van der Waals surface area (Å²) in [5.41, 5.74) is 0. The average molecular weight is 464 g/mol. The number of hydrogen-bond acceptors (Lipinski definition) is 2. The molecule has 0 aromatic carbocycles. The quantitative estimate of drug-likeness (QED) is 0.109. The van der Waals surface area contributed by atoms with Gasteiger partial charge in [0.25, 0.3) is 0 Å². The summed E-state index contributed by atoms with van der Waals surface area (Å²) in [6.45, 7) is 18.8. The molecular formula is C25H51BrO2. The van der Waals surface area contributed by atoms with Crippen LogP contribution in [0.25, 0.3) is 0 Å². The van der Waals surface area contributed by atoms with Crippen molar-refractivity contribution in [1.29, 1.82) is 0 Å². The predicted octanol–water partition coefficient (Wildman–Crippen LogP) is 8.47. The minimum absolute atomic E-state index is 0.466. The maximum atomic E-state index is 5.57. The van der Waals surface area contributed by atoms with Crippen molar-refractivity contribution >= 4 is 15.9 Å². The molecule has 0 aromatic rings. The summed E-state index contributed by atoms with van der Waals surface area (Å²) in [6.07, 6.45) is 11.5. The lowest BCUT2D eigenvalue weighted by molar-refractivity contribution is -0.0558. The molecule has 2 nitrogen and oxygen atoms in total. The van der Waals surface area contributed by atoms with E-state index in [0.717, 1.165) is 55.6 Å². The van der Waals surface area contributed by atoms with E-state index < -0.39 is 0 Å². The molecule has 0 bridgehead atoms. The number of alkyl halides is 1. The van der Waals surface area contributed by atoms with Gasteiger partial charge in [0.05, 0.1) is 0 Å². The van der Waals surface area contributed by atoms with E-state index in [4.69, 9.17) is 9.47 Å². The Balaban J connectivity index is 3.77. The van der Waals surface area contributed by atoms with Crippen LogP contribution in [0.1, 0.15) is 106 Å². The van der Waals surface area contributed by atoms with Crippen molar-refractivity contribution < 1.29 is 9.47 Å². The topological polar surface area (TPSA) is 18.5 Å². The molecule has 0 radical (unpaired) electrons. The van der Waals surface area contributed by atoms with Gasteiger partial charge < -0.3 is 9.47 Å². The van der Waals surface area contributed by atoms with Gasteiger partial charge in [0.2, 0.25) is 0 Å². The van der Waals surface area contributed by atoms with E-state index in [0.29, 0.717) is 11.6 Å². The smallest absolute Gasteiger partial charge is 0.146 e. The van der Waals surface area contributed by atoms with Gasteiger partial charge in [-0.3, -0.25) is 0 Å². The van der Waals surface area contributed by atoms with E-state index in [2.05, 4.69) is 64.4 Å². The van der Waals surface area contributed by atoms with Crippen molar-refractivity contribution in [3.05, 3.63) is 0 Å². The van der Waals surface area contributed by atoms with Crippen molar-refractivity contribution in [2.45, 2.75) is 111 Å². The fraction of sp³-hybridized carbons (Fsp3) is 1.00. The zero-order chi connectivity index (χ0) is 21.4. The van der Waals surface area contributed by atoms with Gasteiger partial charge in [-0.15, -0.1) is 0 Å². The van der Waals surface area contributed by atoms with Gasteiger partial charge in [-0.05, 0) is 81.0 Å². The second-order valence-electron chi connectivity index (χ2n) is 9.92. The number of rotatable bonds is 19. The number of ether oxygens (including phenoxy) is 2. The Morgan fingerprint density at radius 2 is 1.04 bits per heavy atom. The highest BCUT2D eigenvalue weighted by atomic mass is 79.9. The summed E-state index contributed by atoms with van der Waals surface area (Å²) >= 11 is 3.70. The summed E-state index contributed by atoms with van der Waals surface area (Å²) < 4.78 is 11.0. The molecule has 0 saturated carbocycles. The minimum Gasteiger partial charge on any atom is -0.355 e. The van der Waals surface area contributed by atoms with Crippen LogP contribution in [0.5, 0.6) is 0 Å². The summed E-state index contributed by atoms with van der Waals surface area (Å²) in [4.78, 5) is 0.646. The van der Waals surface area contributed by atoms with E-state index in [1.165, 1.54) is 44.9 Å². The van der Waals surface area contributed by atoms with E-state index in [-0.39, 0.29) is 0 Å². The highest BCUT2D eigenvalue weighted by Gasteiger charge is 2.17. The Morgan fingerprint density at radius 3 is 1.50 bits per heavy atom. The lowest BCUT2D eigenvalue weighted by atomic mass is 9.82. The number of hydrogen-bond donors (Lipinski definition) is 0. The van der Waals surface area contributed by atoms with E-state index >= 15 is 0 Å². The van der Waals surface area contributed by atoms with Crippen LogP contribution in [0.4, 0.5) is 0 Å². The molecule has 28 heavy (non-hydrogen) atoms. The third-order valence-corrected chi connectivity index (χ3v) is 6.11. The summed E-state index contributed by atoms with van der Waals surface area (Å²) in [5, 5.41) is 0. The van der Waals surface area contributed by atoms with Crippen molar-refractivity contribution in [2.75, 3.05) is 20.0 Å². The second-order valence-corrected chi connectivity index (χ2v) is 11.5. The van der Waals surface area contributed by atoms with Crippen LogP contribution in [0, 0.1) is 29.6 Å². The molecule has 3 heteroatoms. The molecule has 0 aromatic heterocycles. The predicted molar refractivity (Wildman–Crippen MR) is 128 cm³/mol. The standard InChI is InChI=1S/C25H51BrO2/c1-8-9-12-27-19-28-13-10-11-20(2)14-21(3)15-22(4)16-23(5)17-24(6)18-25(7)26/h20-25H,8-19H2,1-7H3. The van der Waals surface area contributed by atoms with Crippen molar-refractivity contribution in [3.63, 3.8) is 0 Å². The van der Waals surface area contributed by atoms with Gasteiger partial charge >= 0.3 is 0 Å². The van der Waals surface area contributed by atoms with Crippen LogP contribution >= 0.6 is 15.9 Å². The lowest BCUT2D eigenvalue weighted by Crippen LogP contribution is -2.13. The van der Waals surface area contributed by atoms with Crippen LogP contribution < -0.4 is 0 Å². The zero-order valence-corrected chi connectivity index (χ0v) is 21.7. The average Bonchev–Trinajstić information content (AvgIpc) is 2.55. The van der Waals surface area contributed by atoms with Crippen LogP contribution in [0.2, 0.25) is 0 Å². The van der Waals surface area contributed by atoms with Gasteiger partial charge in [0, 0.05) is 18.0 Å². The van der Waals surface area contributed by atoms with Crippen molar-refractivity contribution in [2.24, 2.45) is 29.6 Å². The van der Waals surface area contributed by atoms with E-state index in [9.17, 15) is 0 Å². The number of halogens is 1. The summed E-state index contributed by atoms with van der Waals surface area (Å²) in [7, 11) is 0. The molecule has 0 aliphatic rings. The first-order valence-electron chi connectivity index (χ1n) is 12.0. The van der Waals surface area contributed by atoms with Gasteiger partial charge in [-0.1, -0.05) is 70.8 Å². The van der Waals surface area contributed by atoms with Crippen molar-refractivity contribution in [1.82, 2.24) is 0 Å². The molecule has 170 valence electrons. The molecule has 0 aliphatic carbocycles. The summed E-state index contributed by atoms with van der Waals surface area (Å²) in [6, 6.07) is 0. The second kappa shape index (κ2) is 18.2. The molecule has 0 aliphatic heterocycles. The van der Waals surface area contributed by atoms with E-state index in [1.54, 1.807) is 0 Å². The van der Waals surface area contributed by atoms with Crippen LogP contribution in [-0.4, -0.2) is 24.8 Å². The van der Waals surface area contributed by atoms with Gasteiger partial charge in [0.1, 0.15) is 6.79 Å². The first kappa shape index (κ1) is 28.4. The molecule has 0 saturated heterocycles. The molecule has 0 fully saturated rings. The zero-order valence-electron chi connectivity index (χ0n) is 20.1. The van der Waals surface area contributed by atoms with Crippen LogP contribution in [-0.2, 0) is 9.47 Å². The lowest BCUT2D eigenvalue weighted by Gasteiger charge is -2.24. The molecule has 6 unspecified atom stereocenters. The highest BCUT2D eigenvalue weighted by molar-refractivity contribution is 9.09. The summed E-state index contributed by atoms with van der Waals surface area (Å²) in [5.74, 6) is 4.14. The Labute approximate surface area is 186 Å². The van der Waals surface area contributed by atoms with Crippen LogP contribution in [0.3, 0.4) is 0 Å². The third kappa shape index (κ3) is 18.4. The van der Waals surface area contributed by atoms with Crippen molar-refractivity contribution in [3.8, 4) is 0 Å². The fourth-order valence-corrected chi connectivity index (χ4v) is 5.40. The fourth-order valence-electron chi connectivity index (χ4n) is 4.76. The Morgan fingerprint density at radius 1 is 0.607 bits per heavy atom. The minimum atomic E-state index is 0.466. The Kier molecular flexibility index (Phi) is 18.5. The first-order valence-corrected chi connectivity index (χ1v) is 13.0.